The summed E-state index contributed by atoms with van der Waals surface area (Å²) in [5, 5.41) is 8.85. The molecule has 2 aromatic rings. The molecular weight excluding hydrogens is 254 g/mol. The number of nitriles is 1. The maximum Gasteiger partial charge on any atom is 0.137 e. The van der Waals surface area contributed by atoms with Crippen LogP contribution in [-0.2, 0) is 6.42 Å². The molecule has 2 aromatic carbocycles. The van der Waals surface area contributed by atoms with Crippen molar-refractivity contribution in [3.05, 3.63) is 53.6 Å². The van der Waals surface area contributed by atoms with E-state index in [4.69, 9.17) is 10.00 Å². The SMILES string of the molecule is COc1c(CC#N)cccc1Sc1ccccc1C. The number of benzene rings is 2. The van der Waals surface area contributed by atoms with Crippen LogP contribution in [0, 0.1) is 18.3 Å². The molecule has 2 nitrogen and oxygen atoms in total. The molecule has 0 aliphatic heterocycles. The van der Waals surface area contributed by atoms with E-state index in [0.717, 1.165) is 16.2 Å². The Morgan fingerprint density at radius 2 is 1.84 bits per heavy atom. The molecule has 0 saturated carbocycles. The Hall–Kier alpha value is -1.92. The van der Waals surface area contributed by atoms with Crippen LogP contribution in [0.15, 0.2) is 52.3 Å². The molecule has 96 valence electrons. The zero-order chi connectivity index (χ0) is 13.7. The molecule has 0 heterocycles. The molecule has 0 atom stereocenters. The number of nitrogens with zero attached hydrogens (tertiary/aromatic N) is 1. The fourth-order valence-electron chi connectivity index (χ4n) is 1.89. The third-order valence-corrected chi connectivity index (χ3v) is 4.07. The van der Waals surface area contributed by atoms with Gasteiger partial charge < -0.3 is 4.74 Å². The Balaban J connectivity index is 2.38. The van der Waals surface area contributed by atoms with Gasteiger partial charge in [-0.05, 0) is 24.6 Å². The molecule has 0 bridgehead atoms. The lowest BCUT2D eigenvalue weighted by atomic mass is 10.1. The average Bonchev–Trinajstić information content (AvgIpc) is 2.42. The quantitative estimate of drug-likeness (QED) is 0.833. The van der Waals surface area contributed by atoms with E-state index in [-0.39, 0.29) is 0 Å². The molecule has 19 heavy (non-hydrogen) atoms. The van der Waals surface area contributed by atoms with E-state index in [0.29, 0.717) is 6.42 Å². The van der Waals surface area contributed by atoms with Gasteiger partial charge in [0, 0.05) is 10.5 Å². The van der Waals surface area contributed by atoms with Crippen molar-refractivity contribution in [1.82, 2.24) is 0 Å². The van der Waals surface area contributed by atoms with Crippen molar-refractivity contribution < 1.29 is 4.74 Å². The third-order valence-electron chi connectivity index (χ3n) is 2.85. The molecule has 0 spiro atoms. The first-order chi connectivity index (χ1) is 9.26. The lowest BCUT2D eigenvalue weighted by molar-refractivity contribution is 0.400. The molecule has 2 rings (SSSR count). The summed E-state index contributed by atoms with van der Waals surface area (Å²) in [7, 11) is 1.65. The standard InChI is InChI=1S/C16H15NOS/c1-12-6-3-4-8-14(12)19-15-9-5-7-13(10-11-17)16(15)18-2/h3-9H,10H2,1-2H3. The molecule has 0 fully saturated rings. The maximum atomic E-state index is 8.85. The van der Waals surface area contributed by atoms with E-state index >= 15 is 0 Å². The van der Waals surface area contributed by atoms with Crippen LogP contribution in [0.1, 0.15) is 11.1 Å². The van der Waals surface area contributed by atoms with E-state index < -0.39 is 0 Å². The van der Waals surface area contributed by atoms with Crippen molar-refractivity contribution in [2.24, 2.45) is 0 Å². The number of rotatable bonds is 4. The van der Waals surface area contributed by atoms with Crippen LogP contribution in [0.2, 0.25) is 0 Å². The summed E-state index contributed by atoms with van der Waals surface area (Å²) in [4.78, 5) is 2.25. The first-order valence-electron chi connectivity index (χ1n) is 6.02. The molecule has 0 aliphatic carbocycles. The minimum atomic E-state index is 0.366. The summed E-state index contributed by atoms with van der Waals surface area (Å²) >= 11 is 1.67. The molecule has 0 radical (unpaired) electrons. The van der Waals surface area contributed by atoms with E-state index in [1.165, 1.54) is 10.5 Å². The molecule has 0 N–H and O–H groups in total. The van der Waals surface area contributed by atoms with Crippen molar-refractivity contribution in [2.75, 3.05) is 7.11 Å². The average molecular weight is 269 g/mol. The number of methoxy groups -OCH3 is 1. The van der Waals surface area contributed by atoms with Crippen LogP contribution < -0.4 is 4.74 Å². The zero-order valence-corrected chi connectivity index (χ0v) is 11.8. The second-order valence-corrected chi connectivity index (χ2v) is 5.23. The second kappa shape index (κ2) is 6.31. The fourth-order valence-corrected chi connectivity index (χ4v) is 2.95. The maximum absolute atomic E-state index is 8.85. The van der Waals surface area contributed by atoms with Gasteiger partial charge in [0.05, 0.1) is 24.5 Å². The normalized spacial score (nSPS) is 9.95. The number of ether oxygens (including phenoxy) is 1. The molecular formula is C16H15NOS. The van der Waals surface area contributed by atoms with Crippen LogP contribution in [0.5, 0.6) is 5.75 Å². The first-order valence-corrected chi connectivity index (χ1v) is 6.84. The summed E-state index contributed by atoms with van der Waals surface area (Å²) in [6.45, 7) is 2.09. The Morgan fingerprint density at radius 3 is 2.53 bits per heavy atom. The van der Waals surface area contributed by atoms with Crippen LogP contribution in [0.3, 0.4) is 0 Å². The van der Waals surface area contributed by atoms with Crippen LogP contribution in [0.4, 0.5) is 0 Å². The van der Waals surface area contributed by atoms with Crippen LogP contribution >= 0.6 is 11.8 Å². The topological polar surface area (TPSA) is 33.0 Å². The third kappa shape index (κ3) is 3.10. The van der Waals surface area contributed by atoms with E-state index in [9.17, 15) is 0 Å². The van der Waals surface area contributed by atoms with E-state index in [1.807, 2.05) is 30.3 Å². The lowest BCUT2D eigenvalue weighted by Crippen LogP contribution is -1.93. The first kappa shape index (κ1) is 13.5. The van der Waals surface area contributed by atoms with Crippen molar-refractivity contribution in [3.63, 3.8) is 0 Å². The zero-order valence-electron chi connectivity index (χ0n) is 11.0. The summed E-state index contributed by atoms with van der Waals surface area (Å²) in [6, 6.07) is 16.3. The Kier molecular flexibility index (Phi) is 4.48. The molecule has 0 unspecified atom stereocenters. The van der Waals surface area contributed by atoms with Crippen molar-refractivity contribution >= 4 is 11.8 Å². The summed E-state index contributed by atoms with van der Waals surface area (Å²) in [6.07, 6.45) is 0.366. The number of hydrogen-bond acceptors (Lipinski definition) is 3. The Bertz CT molecular complexity index is 616. The van der Waals surface area contributed by atoms with Gasteiger partial charge in [-0.3, -0.25) is 0 Å². The van der Waals surface area contributed by atoms with E-state index in [1.54, 1.807) is 18.9 Å². The predicted molar refractivity (Wildman–Crippen MR) is 77.6 cm³/mol. The van der Waals surface area contributed by atoms with Crippen molar-refractivity contribution in [1.29, 1.82) is 5.26 Å². The highest BCUT2D eigenvalue weighted by molar-refractivity contribution is 7.99. The smallest absolute Gasteiger partial charge is 0.137 e. The molecule has 0 aliphatic rings. The minimum absolute atomic E-state index is 0.366. The van der Waals surface area contributed by atoms with Crippen molar-refractivity contribution in [2.45, 2.75) is 23.1 Å². The van der Waals surface area contributed by atoms with E-state index in [2.05, 4.69) is 25.1 Å². The van der Waals surface area contributed by atoms with Gasteiger partial charge in [-0.1, -0.05) is 42.1 Å². The van der Waals surface area contributed by atoms with Gasteiger partial charge in [-0.25, -0.2) is 0 Å². The summed E-state index contributed by atoms with van der Waals surface area (Å²) in [5.41, 5.74) is 2.17. The van der Waals surface area contributed by atoms with Gasteiger partial charge in [0.25, 0.3) is 0 Å². The summed E-state index contributed by atoms with van der Waals surface area (Å²) in [5.74, 6) is 0.803. The number of hydrogen-bond donors (Lipinski definition) is 0. The minimum Gasteiger partial charge on any atom is -0.495 e. The molecule has 0 aromatic heterocycles. The van der Waals surface area contributed by atoms with Gasteiger partial charge in [0.2, 0.25) is 0 Å². The monoisotopic (exact) mass is 269 g/mol. The number of para-hydroxylation sites is 1. The predicted octanol–water partition coefficient (Wildman–Crippen LogP) is 4.22. The molecule has 3 heteroatoms. The molecule has 0 saturated heterocycles. The highest BCUT2D eigenvalue weighted by Crippen LogP contribution is 2.38. The van der Waals surface area contributed by atoms with Gasteiger partial charge >= 0.3 is 0 Å². The van der Waals surface area contributed by atoms with Crippen LogP contribution in [0.25, 0.3) is 0 Å². The van der Waals surface area contributed by atoms with Gasteiger partial charge in [-0.15, -0.1) is 0 Å². The summed E-state index contributed by atoms with van der Waals surface area (Å²) < 4.78 is 5.47. The molecule has 0 amide bonds. The highest BCUT2D eigenvalue weighted by Gasteiger charge is 2.10. The Morgan fingerprint density at radius 1 is 1.11 bits per heavy atom. The fraction of sp³-hybridized carbons (Fsp3) is 0.188. The highest BCUT2D eigenvalue weighted by atomic mass is 32.2. The number of aryl methyl sites for hydroxylation is 1. The van der Waals surface area contributed by atoms with Crippen LogP contribution in [-0.4, -0.2) is 7.11 Å². The van der Waals surface area contributed by atoms with Gasteiger partial charge in [-0.2, -0.15) is 5.26 Å². The lowest BCUT2D eigenvalue weighted by Gasteiger charge is -2.12. The Labute approximate surface area is 118 Å². The largest absolute Gasteiger partial charge is 0.495 e. The van der Waals surface area contributed by atoms with Crippen molar-refractivity contribution in [3.8, 4) is 11.8 Å². The van der Waals surface area contributed by atoms with Gasteiger partial charge in [0.15, 0.2) is 0 Å². The second-order valence-electron chi connectivity index (χ2n) is 4.15. The van der Waals surface area contributed by atoms with Gasteiger partial charge in [0.1, 0.15) is 5.75 Å².